The Kier molecular flexibility index (Phi) is 4.77. The maximum atomic E-state index is 11.4. The predicted molar refractivity (Wildman–Crippen MR) is 81.7 cm³/mol. The number of nitrogens with zero attached hydrogens (tertiary/aromatic N) is 2. The van der Waals surface area contributed by atoms with Gasteiger partial charge in [-0.2, -0.15) is 11.3 Å². The van der Waals surface area contributed by atoms with Gasteiger partial charge in [-0.1, -0.05) is 13.8 Å². The number of thiophene rings is 1. The van der Waals surface area contributed by atoms with Crippen LogP contribution in [0.15, 0.2) is 21.9 Å². The lowest BCUT2D eigenvalue weighted by molar-refractivity contribution is 0.0690. The summed E-state index contributed by atoms with van der Waals surface area (Å²) in [6, 6.07) is 2.04. The van der Waals surface area contributed by atoms with Crippen molar-refractivity contribution in [1.82, 2.24) is 9.97 Å². The second kappa shape index (κ2) is 6.37. The summed E-state index contributed by atoms with van der Waals surface area (Å²) in [5, 5.41) is 14.0. The lowest BCUT2D eigenvalue weighted by atomic mass is 10.2. The molecule has 0 spiro atoms. The van der Waals surface area contributed by atoms with Crippen molar-refractivity contribution in [3.8, 4) is 0 Å². The molecule has 2 heterocycles. The SMILES string of the molecule is Cc1nc(C(C)C)nc(SCc2ccsc2)c1C(=O)O. The summed E-state index contributed by atoms with van der Waals surface area (Å²) in [6.45, 7) is 5.73. The highest BCUT2D eigenvalue weighted by molar-refractivity contribution is 7.98. The molecular weight excluding hydrogens is 292 g/mol. The minimum atomic E-state index is -0.967. The number of carboxylic acid groups (broad SMARTS) is 1. The van der Waals surface area contributed by atoms with Gasteiger partial charge in [0, 0.05) is 11.7 Å². The molecule has 106 valence electrons. The summed E-state index contributed by atoms with van der Waals surface area (Å²) >= 11 is 3.09. The van der Waals surface area contributed by atoms with Crippen molar-refractivity contribution in [2.75, 3.05) is 0 Å². The summed E-state index contributed by atoms with van der Waals surface area (Å²) in [6.07, 6.45) is 0. The molecule has 0 radical (unpaired) electrons. The number of aromatic nitrogens is 2. The fraction of sp³-hybridized carbons (Fsp3) is 0.357. The zero-order valence-corrected chi connectivity index (χ0v) is 13.2. The van der Waals surface area contributed by atoms with E-state index in [1.54, 1.807) is 18.3 Å². The molecule has 0 amide bonds. The van der Waals surface area contributed by atoms with Gasteiger partial charge in [-0.3, -0.25) is 0 Å². The van der Waals surface area contributed by atoms with E-state index in [2.05, 4.69) is 15.3 Å². The summed E-state index contributed by atoms with van der Waals surface area (Å²) < 4.78 is 0. The van der Waals surface area contributed by atoms with Crippen molar-refractivity contribution < 1.29 is 9.90 Å². The average Bonchev–Trinajstić information content (AvgIpc) is 2.88. The summed E-state index contributed by atoms with van der Waals surface area (Å²) in [5.74, 6) is 0.626. The molecule has 0 aromatic carbocycles. The molecule has 0 bridgehead atoms. The second-order valence-corrected chi connectivity index (χ2v) is 6.47. The first-order chi connectivity index (χ1) is 9.49. The number of rotatable bonds is 5. The van der Waals surface area contributed by atoms with Gasteiger partial charge < -0.3 is 5.11 Å². The predicted octanol–water partition coefficient (Wildman–Crippen LogP) is 3.96. The third-order valence-corrected chi connectivity index (χ3v) is 4.54. The van der Waals surface area contributed by atoms with E-state index in [1.807, 2.05) is 25.3 Å². The van der Waals surface area contributed by atoms with Gasteiger partial charge in [0.2, 0.25) is 0 Å². The molecule has 2 aromatic rings. The summed E-state index contributed by atoms with van der Waals surface area (Å²) in [7, 11) is 0. The Morgan fingerprint density at radius 2 is 2.20 bits per heavy atom. The van der Waals surface area contributed by atoms with Crippen LogP contribution in [0.3, 0.4) is 0 Å². The van der Waals surface area contributed by atoms with Crippen LogP contribution in [0, 0.1) is 6.92 Å². The van der Waals surface area contributed by atoms with E-state index in [4.69, 9.17) is 0 Å². The van der Waals surface area contributed by atoms with E-state index in [9.17, 15) is 9.90 Å². The maximum absolute atomic E-state index is 11.4. The number of thioether (sulfide) groups is 1. The van der Waals surface area contributed by atoms with E-state index >= 15 is 0 Å². The molecule has 0 aliphatic carbocycles. The second-order valence-electron chi connectivity index (χ2n) is 4.73. The number of carboxylic acids is 1. The highest BCUT2D eigenvalue weighted by Crippen LogP contribution is 2.28. The number of aryl methyl sites for hydroxylation is 1. The van der Waals surface area contributed by atoms with Crippen LogP contribution in [0.4, 0.5) is 0 Å². The minimum absolute atomic E-state index is 0.178. The van der Waals surface area contributed by atoms with E-state index in [0.717, 1.165) is 5.75 Å². The summed E-state index contributed by atoms with van der Waals surface area (Å²) in [4.78, 5) is 20.1. The normalized spacial score (nSPS) is 11.0. The number of aromatic carboxylic acids is 1. The fourth-order valence-corrected chi connectivity index (χ4v) is 3.50. The van der Waals surface area contributed by atoms with Crippen molar-refractivity contribution in [2.24, 2.45) is 0 Å². The van der Waals surface area contributed by atoms with Crippen molar-refractivity contribution in [2.45, 2.75) is 37.5 Å². The fourth-order valence-electron chi connectivity index (χ4n) is 1.70. The topological polar surface area (TPSA) is 63.1 Å². The number of hydrogen-bond donors (Lipinski definition) is 1. The Morgan fingerprint density at radius 1 is 1.45 bits per heavy atom. The highest BCUT2D eigenvalue weighted by atomic mass is 32.2. The Morgan fingerprint density at radius 3 is 2.75 bits per heavy atom. The van der Waals surface area contributed by atoms with Gasteiger partial charge in [-0.05, 0) is 29.3 Å². The van der Waals surface area contributed by atoms with Gasteiger partial charge in [-0.15, -0.1) is 11.8 Å². The highest BCUT2D eigenvalue weighted by Gasteiger charge is 2.19. The van der Waals surface area contributed by atoms with Gasteiger partial charge in [0.1, 0.15) is 16.4 Å². The number of hydrogen-bond acceptors (Lipinski definition) is 5. The molecule has 1 N–H and O–H groups in total. The quantitative estimate of drug-likeness (QED) is 0.669. The third-order valence-electron chi connectivity index (χ3n) is 2.76. The monoisotopic (exact) mass is 308 g/mol. The molecule has 2 aromatic heterocycles. The molecule has 4 nitrogen and oxygen atoms in total. The average molecular weight is 308 g/mol. The molecule has 6 heteroatoms. The lowest BCUT2D eigenvalue weighted by Crippen LogP contribution is -2.10. The van der Waals surface area contributed by atoms with E-state index in [1.165, 1.54) is 17.3 Å². The van der Waals surface area contributed by atoms with Gasteiger partial charge in [0.25, 0.3) is 0 Å². The minimum Gasteiger partial charge on any atom is -0.478 e. The smallest absolute Gasteiger partial charge is 0.340 e. The van der Waals surface area contributed by atoms with Crippen LogP contribution in [-0.4, -0.2) is 21.0 Å². The first-order valence-electron chi connectivity index (χ1n) is 6.24. The third kappa shape index (κ3) is 3.37. The van der Waals surface area contributed by atoms with Crippen molar-refractivity contribution in [3.63, 3.8) is 0 Å². The Labute approximate surface area is 126 Å². The Balaban J connectivity index is 2.34. The molecule has 0 fully saturated rings. The molecule has 0 saturated carbocycles. The largest absolute Gasteiger partial charge is 0.478 e. The molecule has 0 unspecified atom stereocenters. The van der Waals surface area contributed by atoms with E-state index in [0.29, 0.717) is 16.5 Å². The molecule has 0 atom stereocenters. The molecule has 20 heavy (non-hydrogen) atoms. The van der Waals surface area contributed by atoms with Crippen LogP contribution in [0.2, 0.25) is 0 Å². The molecule has 0 saturated heterocycles. The van der Waals surface area contributed by atoms with Gasteiger partial charge in [-0.25, -0.2) is 14.8 Å². The zero-order chi connectivity index (χ0) is 14.7. The van der Waals surface area contributed by atoms with Crippen molar-refractivity contribution >= 4 is 29.1 Å². The van der Waals surface area contributed by atoms with Crippen LogP contribution in [-0.2, 0) is 5.75 Å². The maximum Gasteiger partial charge on any atom is 0.340 e. The number of carbonyl (C=O) groups is 1. The van der Waals surface area contributed by atoms with E-state index < -0.39 is 5.97 Å². The van der Waals surface area contributed by atoms with Gasteiger partial charge in [0.15, 0.2) is 0 Å². The van der Waals surface area contributed by atoms with E-state index in [-0.39, 0.29) is 11.5 Å². The van der Waals surface area contributed by atoms with Gasteiger partial charge in [0.05, 0.1) is 5.69 Å². The first kappa shape index (κ1) is 15.0. The first-order valence-corrected chi connectivity index (χ1v) is 8.17. The van der Waals surface area contributed by atoms with Crippen LogP contribution in [0.1, 0.15) is 47.2 Å². The van der Waals surface area contributed by atoms with Gasteiger partial charge >= 0.3 is 5.97 Å². The van der Waals surface area contributed by atoms with Crippen LogP contribution >= 0.6 is 23.1 Å². The van der Waals surface area contributed by atoms with Crippen LogP contribution in [0.5, 0.6) is 0 Å². The Bertz CT molecular complexity index is 610. The molecule has 0 aliphatic heterocycles. The van der Waals surface area contributed by atoms with Crippen molar-refractivity contribution in [1.29, 1.82) is 0 Å². The lowest BCUT2D eigenvalue weighted by Gasteiger charge is -2.11. The molecule has 0 aliphatic rings. The van der Waals surface area contributed by atoms with Crippen LogP contribution < -0.4 is 0 Å². The molecule has 2 rings (SSSR count). The Hall–Kier alpha value is -1.40. The molecular formula is C14H16N2O2S2. The van der Waals surface area contributed by atoms with Crippen molar-refractivity contribution in [3.05, 3.63) is 39.5 Å². The van der Waals surface area contributed by atoms with Crippen LogP contribution in [0.25, 0.3) is 0 Å². The standard InChI is InChI=1S/C14H16N2O2S2/c1-8(2)12-15-9(3)11(14(17)18)13(16-12)20-7-10-4-5-19-6-10/h4-6,8H,7H2,1-3H3,(H,17,18). The summed E-state index contributed by atoms with van der Waals surface area (Å²) in [5.41, 5.74) is 1.93. The zero-order valence-electron chi connectivity index (χ0n) is 11.6.